The zero-order chi connectivity index (χ0) is 12.1. The van der Waals surface area contributed by atoms with Crippen LogP contribution in [0.2, 0.25) is 5.02 Å². The molecular formula is C8H9ClN4O3. The second-order valence-corrected chi connectivity index (χ2v) is 3.09. The molecule has 0 aliphatic heterocycles. The van der Waals surface area contributed by atoms with Crippen LogP contribution in [-0.2, 0) is 4.79 Å². The first-order valence-electron chi connectivity index (χ1n) is 4.24. The molecule has 0 radical (unpaired) electrons. The summed E-state index contributed by atoms with van der Waals surface area (Å²) in [6.45, 7) is -0.0493. The van der Waals surface area contributed by atoms with Crippen LogP contribution in [0.5, 0.6) is 0 Å². The minimum absolute atomic E-state index is 0.0493. The van der Waals surface area contributed by atoms with Gasteiger partial charge in [-0.25, -0.2) is 14.8 Å². The van der Waals surface area contributed by atoms with Crippen LogP contribution in [0.4, 0.5) is 5.82 Å². The maximum atomic E-state index is 10.9. The predicted molar refractivity (Wildman–Crippen MR) is 56.6 cm³/mol. The van der Waals surface area contributed by atoms with Crippen LogP contribution in [0.15, 0.2) is 6.33 Å². The molecular weight excluding hydrogens is 236 g/mol. The Morgan fingerprint density at radius 3 is 2.75 bits per heavy atom. The van der Waals surface area contributed by atoms with Gasteiger partial charge in [0.25, 0.3) is 0 Å². The lowest BCUT2D eigenvalue weighted by Crippen LogP contribution is -2.26. The minimum atomic E-state index is -1.25. The van der Waals surface area contributed by atoms with Gasteiger partial charge in [-0.15, -0.1) is 0 Å². The van der Waals surface area contributed by atoms with E-state index in [1.165, 1.54) is 7.05 Å². The summed E-state index contributed by atoms with van der Waals surface area (Å²) in [4.78, 5) is 28.9. The van der Waals surface area contributed by atoms with Crippen molar-refractivity contribution in [2.45, 2.75) is 0 Å². The SMILES string of the molecule is CNC(=O)CNc1ncnc(C(=O)O)c1Cl. The van der Waals surface area contributed by atoms with E-state index < -0.39 is 5.97 Å². The summed E-state index contributed by atoms with van der Waals surface area (Å²) in [5.41, 5.74) is -0.309. The Kier molecular flexibility index (Phi) is 4.01. The van der Waals surface area contributed by atoms with Crippen molar-refractivity contribution in [3.63, 3.8) is 0 Å². The van der Waals surface area contributed by atoms with Gasteiger partial charge in [0.2, 0.25) is 5.91 Å². The summed E-state index contributed by atoms with van der Waals surface area (Å²) >= 11 is 5.73. The van der Waals surface area contributed by atoms with Gasteiger partial charge in [-0.1, -0.05) is 11.6 Å². The second kappa shape index (κ2) is 5.26. The molecule has 1 aromatic rings. The first-order valence-corrected chi connectivity index (χ1v) is 4.62. The highest BCUT2D eigenvalue weighted by Crippen LogP contribution is 2.21. The first kappa shape index (κ1) is 12.2. The third-order valence-corrected chi connectivity index (χ3v) is 2.05. The van der Waals surface area contributed by atoms with Gasteiger partial charge in [-0.05, 0) is 0 Å². The van der Waals surface area contributed by atoms with Crippen molar-refractivity contribution in [1.29, 1.82) is 0 Å². The number of carbonyl (C=O) groups is 2. The van der Waals surface area contributed by atoms with Gasteiger partial charge in [-0.3, -0.25) is 4.79 Å². The molecule has 7 nitrogen and oxygen atoms in total. The number of aromatic nitrogens is 2. The monoisotopic (exact) mass is 244 g/mol. The van der Waals surface area contributed by atoms with Crippen molar-refractivity contribution >= 4 is 29.3 Å². The van der Waals surface area contributed by atoms with E-state index >= 15 is 0 Å². The van der Waals surface area contributed by atoms with E-state index in [2.05, 4.69) is 20.6 Å². The van der Waals surface area contributed by atoms with Gasteiger partial charge < -0.3 is 15.7 Å². The number of hydrogen-bond acceptors (Lipinski definition) is 5. The van der Waals surface area contributed by atoms with E-state index in [1.807, 2.05) is 0 Å². The fourth-order valence-corrected chi connectivity index (χ4v) is 1.14. The molecule has 0 fully saturated rings. The van der Waals surface area contributed by atoms with Crippen molar-refractivity contribution in [2.75, 3.05) is 18.9 Å². The smallest absolute Gasteiger partial charge is 0.356 e. The number of likely N-dealkylation sites (N-methyl/N-ethyl adjacent to an activating group) is 1. The molecule has 0 unspecified atom stereocenters. The summed E-state index contributed by atoms with van der Waals surface area (Å²) in [5.74, 6) is -1.42. The summed E-state index contributed by atoms with van der Waals surface area (Å²) in [6, 6.07) is 0. The average Bonchev–Trinajstić information content (AvgIpc) is 2.26. The summed E-state index contributed by atoms with van der Waals surface area (Å²) in [7, 11) is 1.48. The predicted octanol–water partition coefficient (Wildman–Crippen LogP) is -0.0139. The van der Waals surface area contributed by atoms with Crippen molar-refractivity contribution in [3.8, 4) is 0 Å². The molecule has 1 amide bonds. The molecule has 0 saturated heterocycles. The number of hydrogen-bond donors (Lipinski definition) is 3. The lowest BCUT2D eigenvalue weighted by atomic mass is 10.4. The Morgan fingerprint density at radius 2 is 2.19 bits per heavy atom. The number of anilines is 1. The molecule has 3 N–H and O–H groups in total. The van der Waals surface area contributed by atoms with E-state index in [4.69, 9.17) is 16.7 Å². The Bertz CT molecular complexity index is 424. The van der Waals surface area contributed by atoms with Crippen LogP contribution >= 0.6 is 11.6 Å². The van der Waals surface area contributed by atoms with Gasteiger partial charge in [0.05, 0.1) is 6.54 Å². The van der Waals surface area contributed by atoms with E-state index in [0.717, 1.165) is 6.33 Å². The average molecular weight is 245 g/mol. The van der Waals surface area contributed by atoms with E-state index in [9.17, 15) is 9.59 Å². The third kappa shape index (κ3) is 2.80. The molecule has 0 atom stereocenters. The Hall–Kier alpha value is -1.89. The molecule has 86 valence electrons. The van der Waals surface area contributed by atoms with Crippen LogP contribution in [0.1, 0.15) is 10.5 Å². The Balaban J connectivity index is 2.85. The van der Waals surface area contributed by atoms with Crippen LogP contribution in [-0.4, -0.2) is 40.5 Å². The fraction of sp³-hybridized carbons (Fsp3) is 0.250. The molecule has 1 rings (SSSR count). The van der Waals surface area contributed by atoms with E-state index in [1.54, 1.807) is 0 Å². The third-order valence-electron chi connectivity index (χ3n) is 1.69. The van der Waals surface area contributed by atoms with E-state index in [-0.39, 0.29) is 29.0 Å². The number of amides is 1. The lowest BCUT2D eigenvalue weighted by Gasteiger charge is -2.06. The van der Waals surface area contributed by atoms with Crippen molar-refractivity contribution in [1.82, 2.24) is 15.3 Å². The van der Waals surface area contributed by atoms with Gasteiger partial charge in [0.1, 0.15) is 17.2 Å². The van der Waals surface area contributed by atoms with Crippen LogP contribution in [0.25, 0.3) is 0 Å². The normalized spacial score (nSPS) is 9.62. The molecule has 1 aromatic heterocycles. The maximum absolute atomic E-state index is 10.9. The summed E-state index contributed by atoms with van der Waals surface area (Å²) in [6.07, 6.45) is 1.06. The molecule has 0 saturated carbocycles. The molecule has 0 aliphatic rings. The Morgan fingerprint density at radius 1 is 1.50 bits per heavy atom. The highest BCUT2D eigenvalue weighted by Gasteiger charge is 2.15. The lowest BCUT2D eigenvalue weighted by molar-refractivity contribution is -0.118. The number of carboxylic acid groups (broad SMARTS) is 1. The number of rotatable bonds is 4. The van der Waals surface area contributed by atoms with Crippen molar-refractivity contribution < 1.29 is 14.7 Å². The van der Waals surface area contributed by atoms with Gasteiger partial charge in [-0.2, -0.15) is 0 Å². The molecule has 0 aromatic carbocycles. The molecule has 0 spiro atoms. The number of nitrogens with one attached hydrogen (secondary N) is 2. The summed E-state index contributed by atoms with van der Waals surface area (Å²) < 4.78 is 0. The summed E-state index contributed by atoms with van der Waals surface area (Å²) in [5, 5.41) is 13.6. The number of aromatic carboxylic acids is 1. The zero-order valence-electron chi connectivity index (χ0n) is 8.32. The highest BCUT2D eigenvalue weighted by atomic mass is 35.5. The molecule has 8 heteroatoms. The second-order valence-electron chi connectivity index (χ2n) is 2.72. The van der Waals surface area contributed by atoms with Gasteiger partial charge >= 0.3 is 5.97 Å². The first-order chi connectivity index (χ1) is 7.56. The molecule has 1 heterocycles. The van der Waals surface area contributed by atoms with E-state index in [0.29, 0.717) is 0 Å². The van der Waals surface area contributed by atoms with Crippen LogP contribution < -0.4 is 10.6 Å². The number of carboxylic acids is 1. The number of nitrogens with zero attached hydrogens (tertiary/aromatic N) is 2. The van der Waals surface area contributed by atoms with Crippen molar-refractivity contribution in [3.05, 3.63) is 17.0 Å². The van der Waals surface area contributed by atoms with Gasteiger partial charge in [0, 0.05) is 7.05 Å². The fourth-order valence-electron chi connectivity index (χ4n) is 0.895. The zero-order valence-corrected chi connectivity index (χ0v) is 9.08. The number of halogens is 1. The standard InChI is InChI=1S/C8H9ClN4O3/c1-10-4(14)2-11-7-5(9)6(8(15)16)12-3-13-7/h3H,2H2,1H3,(H,10,14)(H,15,16)(H,11,12,13). The topological polar surface area (TPSA) is 104 Å². The minimum Gasteiger partial charge on any atom is -0.476 e. The largest absolute Gasteiger partial charge is 0.476 e. The van der Waals surface area contributed by atoms with Crippen LogP contribution in [0.3, 0.4) is 0 Å². The molecule has 0 bridgehead atoms. The molecule has 16 heavy (non-hydrogen) atoms. The quantitative estimate of drug-likeness (QED) is 0.688. The number of carbonyl (C=O) groups excluding carboxylic acids is 1. The van der Waals surface area contributed by atoms with Crippen molar-refractivity contribution in [2.24, 2.45) is 0 Å². The maximum Gasteiger partial charge on any atom is 0.356 e. The van der Waals surface area contributed by atoms with Gasteiger partial charge in [0.15, 0.2) is 5.69 Å². The molecule has 0 aliphatic carbocycles. The Labute approximate surface area is 95.9 Å². The van der Waals surface area contributed by atoms with Crippen LogP contribution in [0, 0.1) is 0 Å². The highest BCUT2D eigenvalue weighted by molar-refractivity contribution is 6.35.